The highest BCUT2D eigenvalue weighted by Crippen LogP contribution is 2.24. The Morgan fingerprint density at radius 2 is 1.62 bits per heavy atom. The molecular formula is C17H19F2NO. The summed E-state index contributed by atoms with van der Waals surface area (Å²) in [5.74, 6) is -0.413. The van der Waals surface area contributed by atoms with Gasteiger partial charge in [-0.2, -0.15) is 0 Å². The second-order valence-electron chi connectivity index (χ2n) is 5.06. The molecule has 2 rings (SSSR count). The molecule has 0 aliphatic rings. The lowest BCUT2D eigenvalue weighted by Gasteiger charge is -2.21. The molecule has 0 saturated carbocycles. The van der Waals surface area contributed by atoms with Gasteiger partial charge in [-0.25, -0.2) is 8.78 Å². The normalized spacial score (nSPS) is 13.8. The van der Waals surface area contributed by atoms with Crippen LogP contribution in [0.4, 0.5) is 8.78 Å². The molecule has 0 bridgehead atoms. The van der Waals surface area contributed by atoms with Gasteiger partial charge in [0.05, 0.1) is 7.11 Å². The highest BCUT2D eigenvalue weighted by atomic mass is 19.1. The van der Waals surface area contributed by atoms with E-state index in [1.807, 2.05) is 19.9 Å². The molecule has 0 spiro atoms. The number of rotatable bonds is 5. The van der Waals surface area contributed by atoms with Gasteiger partial charge >= 0.3 is 0 Å². The first kappa shape index (κ1) is 15.4. The summed E-state index contributed by atoms with van der Waals surface area (Å²) in [6.45, 7) is 3.94. The van der Waals surface area contributed by atoms with Gasteiger partial charge in [-0.1, -0.05) is 18.2 Å². The van der Waals surface area contributed by atoms with E-state index in [4.69, 9.17) is 4.74 Å². The van der Waals surface area contributed by atoms with Crippen LogP contribution in [0.15, 0.2) is 42.5 Å². The summed E-state index contributed by atoms with van der Waals surface area (Å²) in [6, 6.07) is 11.2. The van der Waals surface area contributed by atoms with Crippen molar-refractivity contribution in [2.24, 2.45) is 0 Å². The van der Waals surface area contributed by atoms with E-state index in [0.717, 1.165) is 11.1 Å². The van der Waals surface area contributed by atoms with Gasteiger partial charge in [0.1, 0.15) is 5.82 Å². The van der Waals surface area contributed by atoms with Gasteiger partial charge < -0.3 is 10.1 Å². The molecule has 2 atom stereocenters. The fraction of sp³-hybridized carbons (Fsp3) is 0.294. The number of methoxy groups -OCH3 is 1. The monoisotopic (exact) mass is 291 g/mol. The molecule has 0 fully saturated rings. The van der Waals surface area contributed by atoms with E-state index in [2.05, 4.69) is 5.32 Å². The number of halogens is 2. The maximum Gasteiger partial charge on any atom is 0.165 e. The summed E-state index contributed by atoms with van der Waals surface area (Å²) >= 11 is 0. The van der Waals surface area contributed by atoms with E-state index in [0.29, 0.717) is 0 Å². The largest absolute Gasteiger partial charge is 0.494 e. The van der Waals surface area contributed by atoms with Gasteiger partial charge in [-0.3, -0.25) is 0 Å². The third-order valence-corrected chi connectivity index (χ3v) is 3.52. The predicted molar refractivity (Wildman–Crippen MR) is 79.3 cm³/mol. The van der Waals surface area contributed by atoms with Crippen molar-refractivity contribution < 1.29 is 13.5 Å². The summed E-state index contributed by atoms with van der Waals surface area (Å²) in [5.41, 5.74) is 1.78. The third kappa shape index (κ3) is 3.79. The van der Waals surface area contributed by atoms with Crippen LogP contribution in [0.3, 0.4) is 0 Å². The Hall–Kier alpha value is -1.94. The zero-order chi connectivity index (χ0) is 15.4. The van der Waals surface area contributed by atoms with E-state index < -0.39 is 0 Å². The second kappa shape index (κ2) is 6.68. The third-order valence-electron chi connectivity index (χ3n) is 3.52. The lowest BCUT2D eigenvalue weighted by atomic mass is 10.0. The lowest BCUT2D eigenvalue weighted by Crippen LogP contribution is -2.22. The van der Waals surface area contributed by atoms with E-state index in [1.54, 1.807) is 18.2 Å². The van der Waals surface area contributed by atoms with E-state index >= 15 is 0 Å². The van der Waals surface area contributed by atoms with E-state index in [-0.39, 0.29) is 29.5 Å². The Labute approximate surface area is 123 Å². The number of hydrogen-bond donors (Lipinski definition) is 1. The lowest BCUT2D eigenvalue weighted by molar-refractivity contribution is 0.384. The summed E-state index contributed by atoms with van der Waals surface area (Å²) in [5, 5.41) is 3.37. The maximum absolute atomic E-state index is 13.4. The van der Waals surface area contributed by atoms with Crippen LogP contribution in [0.2, 0.25) is 0 Å². The summed E-state index contributed by atoms with van der Waals surface area (Å²) in [6.07, 6.45) is 0. The molecule has 0 heterocycles. The zero-order valence-electron chi connectivity index (χ0n) is 12.4. The number of nitrogens with one attached hydrogen (secondary N) is 1. The average Bonchev–Trinajstić information content (AvgIpc) is 2.47. The van der Waals surface area contributed by atoms with E-state index in [9.17, 15) is 8.78 Å². The van der Waals surface area contributed by atoms with Crippen molar-refractivity contribution in [2.45, 2.75) is 25.9 Å². The molecule has 112 valence electrons. The van der Waals surface area contributed by atoms with Crippen molar-refractivity contribution in [3.63, 3.8) is 0 Å². The molecule has 2 aromatic carbocycles. The van der Waals surface area contributed by atoms with Crippen molar-refractivity contribution in [3.05, 3.63) is 65.2 Å². The van der Waals surface area contributed by atoms with Crippen molar-refractivity contribution in [2.75, 3.05) is 7.11 Å². The molecule has 2 nitrogen and oxygen atoms in total. The fourth-order valence-electron chi connectivity index (χ4n) is 2.29. The van der Waals surface area contributed by atoms with Crippen LogP contribution in [0.25, 0.3) is 0 Å². The van der Waals surface area contributed by atoms with Crippen LogP contribution in [0.5, 0.6) is 5.75 Å². The second-order valence-corrected chi connectivity index (χ2v) is 5.06. The van der Waals surface area contributed by atoms with Crippen molar-refractivity contribution in [1.29, 1.82) is 0 Å². The first-order valence-corrected chi connectivity index (χ1v) is 6.86. The van der Waals surface area contributed by atoms with Crippen LogP contribution in [0.1, 0.15) is 37.1 Å². The first-order valence-electron chi connectivity index (χ1n) is 6.86. The SMILES string of the molecule is COc1cc(C(C)N[C@H](C)c2cccc(F)c2)ccc1F. The molecule has 0 aliphatic heterocycles. The van der Waals surface area contributed by atoms with Crippen molar-refractivity contribution in [3.8, 4) is 5.75 Å². The van der Waals surface area contributed by atoms with E-state index in [1.165, 1.54) is 25.3 Å². The molecule has 1 unspecified atom stereocenters. The molecule has 4 heteroatoms. The molecular weight excluding hydrogens is 272 g/mol. The summed E-state index contributed by atoms with van der Waals surface area (Å²) in [7, 11) is 1.44. The molecule has 2 aromatic rings. The molecule has 0 radical (unpaired) electrons. The topological polar surface area (TPSA) is 21.3 Å². The van der Waals surface area contributed by atoms with Gasteiger partial charge in [0, 0.05) is 12.1 Å². The zero-order valence-corrected chi connectivity index (χ0v) is 12.4. The van der Waals surface area contributed by atoms with Gasteiger partial charge in [-0.05, 0) is 49.2 Å². The van der Waals surface area contributed by atoms with Crippen LogP contribution < -0.4 is 10.1 Å². The van der Waals surface area contributed by atoms with Gasteiger partial charge in [0.25, 0.3) is 0 Å². The molecule has 1 N–H and O–H groups in total. The Bertz CT molecular complexity index is 615. The van der Waals surface area contributed by atoms with Crippen LogP contribution >= 0.6 is 0 Å². The maximum atomic E-state index is 13.4. The molecule has 0 amide bonds. The van der Waals surface area contributed by atoms with Crippen LogP contribution in [0, 0.1) is 11.6 Å². The number of hydrogen-bond acceptors (Lipinski definition) is 2. The van der Waals surface area contributed by atoms with Crippen molar-refractivity contribution in [1.82, 2.24) is 5.32 Å². The fourth-order valence-corrected chi connectivity index (χ4v) is 2.29. The number of benzene rings is 2. The minimum absolute atomic E-state index is 0.0160. The van der Waals surface area contributed by atoms with Gasteiger partial charge in [0.2, 0.25) is 0 Å². The Morgan fingerprint density at radius 1 is 0.952 bits per heavy atom. The molecule has 0 aliphatic carbocycles. The van der Waals surface area contributed by atoms with Crippen molar-refractivity contribution >= 4 is 0 Å². The standard InChI is InChI=1S/C17H19F2NO/c1-11(13-5-4-6-15(18)9-13)20-12(2)14-7-8-16(19)17(10-14)21-3/h4-12,20H,1-3H3/t11-,12?/m1/s1. The molecule has 0 saturated heterocycles. The van der Waals surface area contributed by atoms with Crippen LogP contribution in [-0.2, 0) is 0 Å². The van der Waals surface area contributed by atoms with Crippen LogP contribution in [-0.4, -0.2) is 7.11 Å². The summed E-state index contributed by atoms with van der Waals surface area (Å²) in [4.78, 5) is 0. The minimum atomic E-state index is -0.383. The Kier molecular flexibility index (Phi) is 4.91. The minimum Gasteiger partial charge on any atom is -0.494 e. The molecule has 21 heavy (non-hydrogen) atoms. The van der Waals surface area contributed by atoms with Gasteiger partial charge in [0.15, 0.2) is 11.6 Å². The quantitative estimate of drug-likeness (QED) is 0.882. The molecule has 0 aromatic heterocycles. The highest BCUT2D eigenvalue weighted by Gasteiger charge is 2.13. The Morgan fingerprint density at radius 3 is 2.24 bits per heavy atom. The predicted octanol–water partition coefficient (Wildman–Crippen LogP) is 4.39. The average molecular weight is 291 g/mol. The highest BCUT2D eigenvalue weighted by molar-refractivity contribution is 5.32. The Balaban J connectivity index is 2.12. The van der Waals surface area contributed by atoms with Gasteiger partial charge in [-0.15, -0.1) is 0 Å². The number of ether oxygens (including phenoxy) is 1. The first-order chi connectivity index (χ1) is 10.0. The summed E-state index contributed by atoms with van der Waals surface area (Å²) < 4.78 is 31.7. The smallest absolute Gasteiger partial charge is 0.165 e.